The highest BCUT2D eigenvalue weighted by Gasteiger charge is 2.20. The van der Waals surface area contributed by atoms with Crippen LogP contribution < -0.4 is 10.6 Å². The molecule has 0 aliphatic heterocycles. The molecular weight excluding hydrogens is 236 g/mol. The van der Waals surface area contributed by atoms with Gasteiger partial charge in [0.05, 0.1) is 6.33 Å². The van der Waals surface area contributed by atoms with E-state index >= 15 is 0 Å². The fraction of sp³-hybridized carbons (Fsp3) is 0.545. The number of rotatable bonds is 8. The van der Waals surface area contributed by atoms with Crippen molar-refractivity contribution in [3.63, 3.8) is 0 Å². The smallest absolute Gasteiger partial charge is 0.326 e. The summed E-state index contributed by atoms with van der Waals surface area (Å²) in [5.74, 6) is -1.30. The normalized spacial score (nSPS) is 12.1. The van der Waals surface area contributed by atoms with Crippen LogP contribution in [-0.4, -0.2) is 46.6 Å². The summed E-state index contributed by atoms with van der Waals surface area (Å²) >= 11 is 0. The van der Waals surface area contributed by atoms with Crippen molar-refractivity contribution in [2.24, 2.45) is 0 Å². The molecule has 18 heavy (non-hydrogen) atoms. The molecule has 7 nitrogen and oxygen atoms in total. The Labute approximate surface area is 105 Å². The summed E-state index contributed by atoms with van der Waals surface area (Å²) in [6.45, 7) is 0.728. The lowest BCUT2D eigenvalue weighted by molar-refractivity contribution is -0.141. The lowest BCUT2D eigenvalue weighted by Gasteiger charge is -2.13. The highest BCUT2D eigenvalue weighted by Crippen LogP contribution is 2.00. The van der Waals surface area contributed by atoms with Gasteiger partial charge in [-0.2, -0.15) is 0 Å². The highest BCUT2D eigenvalue weighted by molar-refractivity contribution is 5.83. The van der Waals surface area contributed by atoms with Crippen LogP contribution in [0.1, 0.15) is 18.5 Å². The third kappa shape index (κ3) is 4.96. The largest absolute Gasteiger partial charge is 0.480 e. The first-order valence-corrected chi connectivity index (χ1v) is 5.77. The summed E-state index contributed by atoms with van der Waals surface area (Å²) in [5, 5.41) is 14.5. The predicted molar refractivity (Wildman–Crippen MR) is 65.0 cm³/mol. The van der Waals surface area contributed by atoms with Gasteiger partial charge in [0.2, 0.25) is 5.91 Å². The maximum Gasteiger partial charge on any atom is 0.326 e. The zero-order valence-electron chi connectivity index (χ0n) is 10.3. The van der Waals surface area contributed by atoms with Crippen LogP contribution in [0.15, 0.2) is 12.5 Å². The minimum atomic E-state index is -1.05. The number of aromatic amines is 1. The Morgan fingerprint density at radius 2 is 2.33 bits per heavy atom. The first-order valence-electron chi connectivity index (χ1n) is 5.77. The number of carbonyl (C=O) groups is 2. The van der Waals surface area contributed by atoms with E-state index in [-0.39, 0.29) is 12.3 Å². The SMILES string of the molecule is CNCCCC(=O)NC(Cc1cnc[nH]1)C(=O)O. The van der Waals surface area contributed by atoms with E-state index in [1.807, 2.05) is 0 Å². The van der Waals surface area contributed by atoms with E-state index in [0.717, 1.165) is 6.54 Å². The van der Waals surface area contributed by atoms with Crippen LogP contribution in [0.5, 0.6) is 0 Å². The van der Waals surface area contributed by atoms with Crippen molar-refractivity contribution in [1.82, 2.24) is 20.6 Å². The first kappa shape index (κ1) is 14.2. The van der Waals surface area contributed by atoms with Crippen molar-refractivity contribution in [2.45, 2.75) is 25.3 Å². The summed E-state index contributed by atoms with van der Waals surface area (Å²) < 4.78 is 0. The van der Waals surface area contributed by atoms with Gasteiger partial charge in [0.25, 0.3) is 0 Å². The molecule has 1 atom stereocenters. The number of amides is 1. The molecule has 1 aromatic heterocycles. The van der Waals surface area contributed by atoms with Crippen LogP contribution in [0.2, 0.25) is 0 Å². The van der Waals surface area contributed by atoms with Gasteiger partial charge in [-0.05, 0) is 20.0 Å². The second-order valence-corrected chi connectivity index (χ2v) is 3.95. The number of nitrogens with zero attached hydrogens (tertiary/aromatic N) is 1. The average Bonchev–Trinajstić information content (AvgIpc) is 2.81. The van der Waals surface area contributed by atoms with Crippen molar-refractivity contribution in [1.29, 1.82) is 0 Å². The minimum absolute atomic E-state index is 0.201. The van der Waals surface area contributed by atoms with Gasteiger partial charge < -0.3 is 20.7 Å². The lowest BCUT2D eigenvalue weighted by atomic mass is 10.1. The number of carboxylic acid groups (broad SMARTS) is 1. The molecule has 1 amide bonds. The Hall–Kier alpha value is -1.89. The molecule has 100 valence electrons. The third-order valence-corrected chi connectivity index (χ3v) is 2.44. The number of aromatic nitrogens is 2. The van der Waals surface area contributed by atoms with Crippen LogP contribution in [0.25, 0.3) is 0 Å². The van der Waals surface area contributed by atoms with E-state index in [1.165, 1.54) is 6.33 Å². The Bertz CT molecular complexity index is 378. The summed E-state index contributed by atoms with van der Waals surface area (Å²) in [6, 6.07) is -0.924. The van der Waals surface area contributed by atoms with E-state index in [1.54, 1.807) is 13.2 Å². The van der Waals surface area contributed by atoms with Crippen LogP contribution in [-0.2, 0) is 16.0 Å². The fourth-order valence-corrected chi connectivity index (χ4v) is 1.51. The fourth-order valence-electron chi connectivity index (χ4n) is 1.51. The standard InChI is InChI=1S/C11H18N4O3/c1-12-4-2-3-10(16)15-9(11(17)18)5-8-6-13-7-14-8/h6-7,9,12H,2-5H2,1H3,(H,13,14)(H,15,16)(H,17,18). The molecule has 0 spiro atoms. The minimum Gasteiger partial charge on any atom is -0.480 e. The van der Waals surface area contributed by atoms with Gasteiger partial charge in [0.1, 0.15) is 6.04 Å². The van der Waals surface area contributed by atoms with Crippen LogP contribution in [0.3, 0.4) is 0 Å². The summed E-state index contributed by atoms with van der Waals surface area (Å²) in [7, 11) is 1.80. The van der Waals surface area contributed by atoms with Gasteiger partial charge in [-0.3, -0.25) is 4.79 Å². The molecule has 1 rings (SSSR count). The summed E-state index contributed by atoms with van der Waals surface area (Å²) in [4.78, 5) is 29.2. The number of carbonyl (C=O) groups excluding carboxylic acids is 1. The van der Waals surface area contributed by atoms with Crippen LogP contribution in [0.4, 0.5) is 0 Å². The molecule has 0 bridgehead atoms. The Morgan fingerprint density at radius 3 is 2.89 bits per heavy atom. The molecule has 0 saturated carbocycles. The zero-order valence-corrected chi connectivity index (χ0v) is 10.3. The van der Waals surface area contributed by atoms with Crippen molar-refractivity contribution < 1.29 is 14.7 Å². The third-order valence-electron chi connectivity index (χ3n) is 2.44. The molecule has 0 saturated heterocycles. The molecule has 0 aliphatic carbocycles. The van der Waals surface area contributed by atoms with Crippen molar-refractivity contribution in [2.75, 3.05) is 13.6 Å². The molecule has 0 aromatic carbocycles. The molecule has 0 radical (unpaired) electrons. The van der Waals surface area contributed by atoms with Gasteiger partial charge in [0.15, 0.2) is 0 Å². The second kappa shape index (κ2) is 7.44. The van der Waals surface area contributed by atoms with E-state index in [4.69, 9.17) is 5.11 Å². The number of carboxylic acids is 1. The Balaban J connectivity index is 2.42. The van der Waals surface area contributed by atoms with Gasteiger partial charge in [-0.25, -0.2) is 9.78 Å². The highest BCUT2D eigenvalue weighted by atomic mass is 16.4. The van der Waals surface area contributed by atoms with Gasteiger partial charge in [0, 0.05) is 24.7 Å². The number of hydrogen-bond donors (Lipinski definition) is 4. The van der Waals surface area contributed by atoms with E-state index in [0.29, 0.717) is 18.5 Å². The van der Waals surface area contributed by atoms with Gasteiger partial charge in [-0.15, -0.1) is 0 Å². The predicted octanol–water partition coefficient (Wildman–Crippen LogP) is -0.479. The van der Waals surface area contributed by atoms with Crippen LogP contribution in [0, 0.1) is 0 Å². The zero-order chi connectivity index (χ0) is 13.4. The van der Waals surface area contributed by atoms with Gasteiger partial charge in [-0.1, -0.05) is 0 Å². The summed E-state index contributed by atoms with van der Waals surface area (Å²) in [6.07, 6.45) is 4.21. The average molecular weight is 254 g/mol. The maximum atomic E-state index is 11.5. The van der Waals surface area contributed by atoms with Crippen LogP contribution >= 0.6 is 0 Å². The number of H-pyrrole nitrogens is 1. The molecule has 1 unspecified atom stereocenters. The number of hydrogen-bond acceptors (Lipinski definition) is 4. The molecule has 1 aromatic rings. The first-order chi connectivity index (χ1) is 8.63. The molecule has 4 N–H and O–H groups in total. The molecular formula is C11H18N4O3. The molecule has 0 fully saturated rings. The van der Waals surface area contributed by atoms with Gasteiger partial charge >= 0.3 is 5.97 Å². The number of imidazole rings is 1. The Morgan fingerprint density at radius 1 is 1.56 bits per heavy atom. The lowest BCUT2D eigenvalue weighted by Crippen LogP contribution is -2.42. The van der Waals surface area contributed by atoms with E-state index in [2.05, 4.69) is 20.6 Å². The van der Waals surface area contributed by atoms with Crippen molar-refractivity contribution >= 4 is 11.9 Å². The van der Waals surface area contributed by atoms with E-state index < -0.39 is 12.0 Å². The van der Waals surface area contributed by atoms with Crippen molar-refractivity contribution in [3.05, 3.63) is 18.2 Å². The van der Waals surface area contributed by atoms with E-state index in [9.17, 15) is 9.59 Å². The Kier molecular flexibility index (Phi) is 5.86. The number of nitrogens with one attached hydrogen (secondary N) is 3. The monoisotopic (exact) mass is 254 g/mol. The quantitative estimate of drug-likeness (QED) is 0.469. The molecule has 7 heteroatoms. The topological polar surface area (TPSA) is 107 Å². The second-order valence-electron chi connectivity index (χ2n) is 3.95. The molecule has 1 heterocycles. The summed E-state index contributed by atoms with van der Waals surface area (Å²) in [5.41, 5.74) is 0.679. The number of aliphatic carboxylic acids is 1. The maximum absolute atomic E-state index is 11.5. The molecule has 0 aliphatic rings. The van der Waals surface area contributed by atoms with Crippen molar-refractivity contribution in [3.8, 4) is 0 Å².